The predicted octanol–water partition coefficient (Wildman–Crippen LogP) is 3.08. The van der Waals surface area contributed by atoms with Crippen LogP contribution in [-0.2, 0) is 0 Å². The maximum Gasteiger partial charge on any atom is 0.317 e. The number of aromatic nitrogens is 2. The van der Waals surface area contributed by atoms with Crippen LogP contribution in [0.25, 0.3) is 0 Å². The molecule has 0 aliphatic carbocycles. The van der Waals surface area contributed by atoms with Crippen molar-refractivity contribution in [2.75, 3.05) is 50.0 Å². The van der Waals surface area contributed by atoms with Crippen LogP contribution < -0.4 is 16.0 Å². The van der Waals surface area contributed by atoms with Crippen molar-refractivity contribution in [1.82, 2.24) is 25.1 Å². The molecule has 36 heavy (non-hydrogen) atoms. The predicted molar refractivity (Wildman–Crippen MR) is 136 cm³/mol. The first-order valence-electron chi connectivity index (χ1n) is 12.1. The van der Waals surface area contributed by atoms with Gasteiger partial charge in [-0.3, -0.25) is 9.69 Å². The number of carbonyl (C=O) groups excluding carboxylic acids is 2. The molecule has 5 rings (SSSR count). The van der Waals surface area contributed by atoms with Gasteiger partial charge >= 0.3 is 6.03 Å². The molecule has 3 aliphatic heterocycles. The molecule has 2 saturated heterocycles. The molecular formula is C24H28ClFN8O2. The van der Waals surface area contributed by atoms with Gasteiger partial charge in [0.05, 0.1) is 11.8 Å². The van der Waals surface area contributed by atoms with Gasteiger partial charge in [-0.05, 0) is 37.5 Å². The molecule has 3 N–H and O–H groups in total. The molecule has 0 spiro atoms. The molecule has 3 aliphatic rings. The van der Waals surface area contributed by atoms with Gasteiger partial charge in [0.15, 0.2) is 5.82 Å². The third kappa shape index (κ3) is 5.57. The lowest BCUT2D eigenvalue weighted by atomic mass is 10.1. The number of carbonyl (C=O) groups is 2. The highest BCUT2D eigenvalue weighted by atomic mass is 35.5. The Morgan fingerprint density at radius 3 is 2.78 bits per heavy atom. The van der Waals surface area contributed by atoms with Gasteiger partial charge < -0.3 is 20.9 Å². The van der Waals surface area contributed by atoms with E-state index >= 15 is 0 Å². The molecule has 3 amide bonds. The highest BCUT2D eigenvalue weighted by molar-refractivity contribution is 6.32. The van der Waals surface area contributed by atoms with Gasteiger partial charge in [0, 0.05) is 62.3 Å². The third-order valence-electron chi connectivity index (χ3n) is 6.73. The summed E-state index contributed by atoms with van der Waals surface area (Å²) in [5.41, 5.74) is 2.05. The van der Waals surface area contributed by atoms with Gasteiger partial charge in [-0.1, -0.05) is 11.6 Å². The van der Waals surface area contributed by atoms with E-state index in [9.17, 15) is 14.0 Å². The fraction of sp³-hybridized carbons (Fsp3) is 0.458. The average Bonchev–Trinajstić information content (AvgIpc) is 3.47. The molecule has 0 bridgehead atoms. The zero-order chi connectivity index (χ0) is 25.1. The summed E-state index contributed by atoms with van der Waals surface area (Å²) in [6.45, 7) is 2.82. The van der Waals surface area contributed by atoms with Crippen molar-refractivity contribution in [2.45, 2.75) is 31.3 Å². The van der Waals surface area contributed by atoms with Gasteiger partial charge in [-0.2, -0.15) is 4.98 Å². The average molecular weight is 515 g/mol. The number of hydrogen-bond acceptors (Lipinski definition) is 7. The highest BCUT2D eigenvalue weighted by Gasteiger charge is 2.28. The summed E-state index contributed by atoms with van der Waals surface area (Å²) in [7, 11) is 0. The number of piperidine rings is 1. The van der Waals surface area contributed by atoms with Crippen LogP contribution in [0.1, 0.15) is 35.2 Å². The largest absolute Gasteiger partial charge is 0.366 e. The molecule has 12 heteroatoms. The second-order valence-electron chi connectivity index (χ2n) is 9.21. The Hall–Kier alpha value is -3.31. The van der Waals surface area contributed by atoms with E-state index in [0.717, 1.165) is 37.1 Å². The van der Waals surface area contributed by atoms with Gasteiger partial charge in [0.25, 0.3) is 5.91 Å². The summed E-state index contributed by atoms with van der Waals surface area (Å²) in [6.07, 6.45) is 5.44. The topological polar surface area (TPSA) is 115 Å². The molecule has 10 nitrogen and oxygen atoms in total. The van der Waals surface area contributed by atoms with E-state index in [1.807, 2.05) is 15.9 Å². The summed E-state index contributed by atoms with van der Waals surface area (Å²) < 4.78 is 12.5. The number of hydrogen-bond donors (Lipinski definition) is 3. The van der Waals surface area contributed by atoms with E-state index in [-0.39, 0.29) is 30.7 Å². The van der Waals surface area contributed by atoms with Gasteiger partial charge in [0.1, 0.15) is 11.7 Å². The van der Waals surface area contributed by atoms with Crippen LogP contribution in [0, 0.1) is 0 Å². The number of fused-ring (bicyclic) bond motifs is 1. The molecule has 0 unspecified atom stereocenters. The number of likely N-dealkylation sites (tertiary alicyclic amines) is 2. The van der Waals surface area contributed by atoms with Crippen molar-refractivity contribution >= 4 is 47.2 Å². The Morgan fingerprint density at radius 1 is 1.17 bits per heavy atom. The lowest BCUT2D eigenvalue weighted by Crippen LogP contribution is -2.50. The molecule has 190 valence electrons. The normalized spacial score (nSPS) is 20.0. The molecule has 0 radical (unpaired) electrons. The first-order chi connectivity index (χ1) is 17.5. The first kappa shape index (κ1) is 24.4. The number of anilines is 3. The maximum absolute atomic E-state index is 12.7. The summed E-state index contributed by atoms with van der Waals surface area (Å²) in [6, 6.07) is 5.44. The number of rotatable bonds is 7. The van der Waals surface area contributed by atoms with E-state index in [0.29, 0.717) is 48.5 Å². The van der Waals surface area contributed by atoms with Gasteiger partial charge in [0.2, 0.25) is 5.95 Å². The number of nitrogens with one attached hydrogen (secondary N) is 3. The van der Waals surface area contributed by atoms with E-state index in [2.05, 4.69) is 30.9 Å². The summed E-state index contributed by atoms with van der Waals surface area (Å²) in [5, 5.41) is 10.0. The molecule has 2 fully saturated rings. The number of amides is 3. The Kier molecular flexibility index (Phi) is 7.28. The van der Waals surface area contributed by atoms with Crippen LogP contribution >= 0.6 is 11.6 Å². The zero-order valence-corrected chi connectivity index (χ0v) is 20.5. The lowest BCUT2D eigenvalue weighted by molar-refractivity contribution is 0.101. The minimum atomic E-state index is -0.361. The van der Waals surface area contributed by atoms with Crippen molar-refractivity contribution in [3.63, 3.8) is 0 Å². The van der Waals surface area contributed by atoms with Crippen molar-refractivity contribution in [3.8, 4) is 0 Å². The smallest absolute Gasteiger partial charge is 0.317 e. The summed E-state index contributed by atoms with van der Waals surface area (Å²) in [4.78, 5) is 40.8. The molecule has 0 saturated carbocycles. The maximum atomic E-state index is 12.7. The van der Waals surface area contributed by atoms with E-state index in [4.69, 9.17) is 11.6 Å². The quantitative estimate of drug-likeness (QED) is 0.520. The second-order valence-corrected chi connectivity index (χ2v) is 9.62. The van der Waals surface area contributed by atoms with E-state index in [1.165, 1.54) is 6.20 Å². The number of nitrogens with zero attached hydrogens (tertiary/aromatic N) is 5. The fourth-order valence-corrected chi connectivity index (χ4v) is 4.90. The Bertz CT molecular complexity index is 1170. The molecule has 1 aromatic carbocycles. The number of urea groups is 1. The van der Waals surface area contributed by atoms with Crippen LogP contribution in [0.2, 0.25) is 5.02 Å². The molecule has 2 aromatic rings. The van der Waals surface area contributed by atoms with Gasteiger partial charge in [-0.25, -0.2) is 19.2 Å². The van der Waals surface area contributed by atoms with Crippen LogP contribution in [0.3, 0.4) is 0 Å². The minimum Gasteiger partial charge on any atom is -0.366 e. The SMILES string of the molecule is O=C1N=Cc2cc(Nc3ncc(Cl)c(NC4CCN(C(=O)N[C@@H]5CCN(CCF)C5)CC4)n3)ccc21. The number of halogens is 2. The highest BCUT2D eigenvalue weighted by Crippen LogP contribution is 2.26. The molecule has 4 heterocycles. The van der Waals surface area contributed by atoms with Crippen molar-refractivity contribution in [1.29, 1.82) is 0 Å². The molecule has 1 aromatic heterocycles. The van der Waals surface area contributed by atoms with Crippen molar-refractivity contribution in [3.05, 3.63) is 40.5 Å². The lowest BCUT2D eigenvalue weighted by Gasteiger charge is -2.33. The van der Waals surface area contributed by atoms with Gasteiger partial charge in [-0.15, -0.1) is 0 Å². The Balaban J connectivity index is 1.13. The van der Waals surface area contributed by atoms with E-state index < -0.39 is 0 Å². The summed E-state index contributed by atoms with van der Waals surface area (Å²) in [5.74, 6) is 0.653. The first-order valence-corrected chi connectivity index (χ1v) is 12.5. The molecule has 1 atom stereocenters. The number of benzene rings is 1. The minimum absolute atomic E-state index is 0.0619. The van der Waals surface area contributed by atoms with Crippen LogP contribution in [0.5, 0.6) is 0 Å². The second kappa shape index (κ2) is 10.8. The Labute approximate surface area is 213 Å². The molecular weight excluding hydrogens is 487 g/mol. The standard InChI is InChI=1S/C24H28ClFN8O2/c25-20-13-28-23(30-17-1-2-19-15(11-17)12-27-22(19)35)32-21(20)29-16-4-8-34(9-5-16)24(36)31-18-3-7-33(14-18)10-6-26/h1-2,11-13,16,18H,3-10,14H2,(H,31,36)(H2,28,29,30,32)/t18-/m1/s1. The van der Waals surface area contributed by atoms with Crippen LogP contribution in [0.4, 0.5) is 26.6 Å². The zero-order valence-electron chi connectivity index (χ0n) is 19.7. The third-order valence-corrected chi connectivity index (χ3v) is 7.00. The number of aliphatic imine (C=N–C) groups is 1. The number of alkyl halides is 1. The van der Waals surface area contributed by atoms with Crippen molar-refractivity contribution < 1.29 is 14.0 Å². The van der Waals surface area contributed by atoms with Crippen LogP contribution in [0.15, 0.2) is 29.4 Å². The monoisotopic (exact) mass is 514 g/mol. The van der Waals surface area contributed by atoms with E-state index in [1.54, 1.807) is 18.3 Å². The Morgan fingerprint density at radius 2 is 1.97 bits per heavy atom. The summed E-state index contributed by atoms with van der Waals surface area (Å²) >= 11 is 6.35. The van der Waals surface area contributed by atoms with Crippen molar-refractivity contribution in [2.24, 2.45) is 4.99 Å². The van der Waals surface area contributed by atoms with Crippen LogP contribution in [-0.4, -0.2) is 89.4 Å². The fourth-order valence-electron chi connectivity index (χ4n) is 4.76.